The van der Waals surface area contributed by atoms with Gasteiger partial charge in [0.25, 0.3) is 0 Å². The number of nitrogens with zero attached hydrogens (tertiary/aromatic N) is 2. The van der Waals surface area contributed by atoms with Crippen molar-refractivity contribution in [3.63, 3.8) is 0 Å². The van der Waals surface area contributed by atoms with Gasteiger partial charge in [-0.05, 0) is 37.3 Å². The van der Waals surface area contributed by atoms with Crippen LogP contribution in [-0.4, -0.2) is 29.2 Å². The molecule has 2 aromatic heterocycles. The number of ether oxygens (including phenoxy) is 2. The van der Waals surface area contributed by atoms with Gasteiger partial charge < -0.3 is 18.5 Å². The van der Waals surface area contributed by atoms with Gasteiger partial charge in [0.2, 0.25) is 0 Å². The maximum Gasteiger partial charge on any atom is 0.143 e. The van der Waals surface area contributed by atoms with Crippen molar-refractivity contribution in [2.24, 2.45) is 0 Å². The van der Waals surface area contributed by atoms with Gasteiger partial charge in [-0.15, -0.1) is 0 Å². The third-order valence-corrected chi connectivity index (χ3v) is 4.37. The van der Waals surface area contributed by atoms with E-state index < -0.39 is 0 Å². The summed E-state index contributed by atoms with van der Waals surface area (Å²) in [4.78, 5) is 2.28. The van der Waals surface area contributed by atoms with Crippen LogP contribution < -0.4 is 4.74 Å². The molecule has 1 fully saturated rings. The van der Waals surface area contributed by atoms with Crippen LogP contribution in [0.15, 0.2) is 65.5 Å². The summed E-state index contributed by atoms with van der Waals surface area (Å²) in [7, 11) is 0. The Hall–Kier alpha value is -2.50. The van der Waals surface area contributed by atoms with Gasteiger partial charge >= 0.3 is 0 Å². The molecule has 3 heterocycles. The predicted molar refractivity (Wildman–Crippen MR) is 94.7 cm³/mol. The third kappa shape index (κ3) is 3.34. The molecule has 0 bridgehead atoms. The van der Waals surface area contributed by atoms with Crippen LogP contribution in [0, 0.1) is 0 Å². The van der Waals surface area contributed by atoms with E-state index in [4.69, 9.17) is 13.9 Å². The molecule has 1 aliphatic rings. The Morgan fingerprint density at radius 3 is 2.92 bits per heavy atom. The Bertz CT molecular complexity index is 810. The van der Waals surface area contributed by atoms with Crippen molar-refractivity contribution >= 4 is 0 Å². The predicted octanol–water partition coefficient (Wildman–Crippen LogP) is 4.00. The second kappa shape index (κ2) is 7.17. The molecule has 0 unspecified atom stereocenters. The van der Waals surface area contributed by atoms with E-state index in [1.54, 1.807) is 6.26 Å². The minimum absolute atomic E-state index is 0.0504. The molecule has 0 N–H and O–H groups in total. The largest absolute Gasteiger partial charge is 0.492 e. The van der Waals surface area contributed by atoms with Crippen LogP contribution in [0.2, 0.25) is 0 Å². The standard InChI is InChI=1S/C20H22N2O3/c1-2-23-19-8-4-3-7-18(19)21-10-9-16(14-21)20-22(11-13-25-20)15-17-6-5-12-24-17/h3-10,12,14,20H,2,11,13,15H2,1H3/t20-/m1/s1. The van der Waals surface area contributed by atoms with E-state index >= 15 is 0 Å². The molecule has 5 nitrogen and oxygen atoms in total. The van der Waals surface area contributed by atoms with Crippen molar-refractivity contribution < 1.29 is 13.9 Å². The first-order chi connectivity index (χ1) is 12.3. The highest BCUT2D eigenvalue weighted by atomic mass is 16.5. The number of benzene rings is 1. The molecule has 0 radical (unpaired) electrons. The van der Waals surface area contributed by atoms with Gasteiger partial charge in [0.05, 0.1) is 31.7 Å². The molecule has 1 saturated heterocycles. The molecule has 5 heteroatoms. The zero-order valence-electron chi connectivity index (χ0n) is 14.3. The van der Waals surface area contributed by atoms with E-state index in [0.717, 1.165) is 42.5 Å². The zero-order chi connectivity index (χ0) is 17.1. The summed E-state index contributed by atoms with van der Waals surface area (Å²) in [6.07, 6.45) is 5.83. The topological polar surface area (TPSA) is 39.8 Å². The average Bonchev–Trinajstić information content (AvgIpc) is 3.37. The van der Waals surface area contributed by atoms with E-state index in [9.17, 15) is 0 Å². The lowest BCUT2D eigenvalue weighted by atomic mass is 10.2. The van der Waals surface area contributed by atoms with Gasteiger partial charge in [0.1, 0.15) is 17.7 Å². The molecule has 0 spiro atoms. The summed E-state index contributed by atoms with van der Waals surface area (Å²) in [6, 6.07) is 14.1. The first kappa shape index (κ1) is 16.0. The second-order valence-electron chi connectivity index (χ2n) is 6.03. The normalized spacial score (nSPS) is 17.9. The monoisotopic (exact) mass is 338 g/mol. The molecular weight excluding hydrogens is 316 g/mol. The maximum atomic E-state index is 5.97. The summed E-state index contributed by atoms with van der Waals surface area (Å²) in [5, 5.41) is 0. The van der Waals surface area contributed by atoms with Crippen LogP contribution in [0.5, 0.6) is 5.75 Å². The van der Waals surface area contributed by atoms with Gasteiger partial charge in [0, 0.05) is 24.5 Å². The highest BCUT2D eigenvalue weighted by Crippen LogP contribution is 2.31. The van der Waals surface area contributed by atoms with Crippen molar-refractivity contribution in [1.29, 1.82) is 0 Å². The van der Waals surface area contributed by atoms with E-state index in [1.165, 1.54) is 0 Å². The van der Waals surface area contributed by atoms with Crippen molar-refractivity contribution in [3.05, 3.63) is 72.4 Å². The lowest BCUT2D eigenvalue weighted by Gasteiger charge is -2.21. The zero-order valence-corrected chi connectivity index (χ0v) is 14.3. The van der Waals surface area contributed by atoms with Crippen molar-refractivity contribution in [3.8, 4) is 11.4 Å². The number of furan rings is 1. The molecular formula is C20H22N2O3. The Balaban J connectivity index is 1.56. The lowest BCUT2D eigenvalue weighted by molar-refractivity contribution is 0.0258. The highest BCUT2D eigenvalue weighted by Gasteiger charge is 2.28. The van der Waals surface area contributed by atoms with Crippen molar-refractivity contribution in [2.75, 3.05) is 19.8 Å². The average molecular weight is 338 g/mol. The summed E-state index contributed by atoms with van der Waals surface area (Å²) in [6.45, 7) is 5.01. The molecule has 130 valence electrons. The molecule has 1 atom stereocenters. The van der Waals surface area contributed by atoms with Gasteiger partial charge in [-0.25, -0.2) is 0 Å². The Labute approximate surface area is 147 Å². The third-order valence-electron chi connectivity index (χ3n) is 4.37. The number of hydrogen-bond donors (Lipinski definition) is 0. The fourth-order valence-corrected chi connectivity index (χ4v) is 3.23. The van der Waals surface area contributed by atoms with Crippen molar-refractivity contribution in [1.82, 2.24) is 9.47 Å². The second-order valence-corrected chi connectivity index (χ2v) is 6.03. The first-order valence-corrected chi connectivity index (χ1v) is 8.63. The van der Waals surface area contributed by atoms with Gasteiger partial charge in [-0.3, -0.25) is 4.90 Å². The minimum atomic E-state index is -0.0504. The van der Waals surface area contributed by atoms with Crippen LogP contribution in [0.3, 0.4) is 0 Å². The molecule has 25 heavy (non-hydrogen) atoms. The molecule has 0 aliphatic carbocycles. The first-order valence-electron chi connectivity index (χ1n) is 8.63. The number of rotatable bonds is 6. The number of hydrogen-bond acceptors (Lipinski definition) is 4. The summed E-state index contributed by atoms with van der Waals surface area (Å²) in [5.74, 6) is 1.84. The lowest BCUT2D eigenvalue weighted by Crippen LogP contribution is -2.22. The van der Waals surface area contributed by atoms with Crippen LogP contribution >= 0.6 is 0 Å². The summed E-state index contributed by atoms with van der Waals surface area (Å²) in [5.41, 5.74) is 2.17. The van der Waals surface area contributed by atoms with Gasteiger partial charge in [-0.1, -0.05) is 12.1 Å². The van der Waals surface area contributed by atoms with Crippen molar-refractivity contribution in [2.45, 2.75) is 19.7 Å². The molecule has 1 aromatic carbocycles. The van der Waals surface area contributed by atoms with Crippen LogP contribution in [0.4, 0.5) is 0 Å². The van der Waals surface area contributed by atoms with E-state index in [1.807, 2.05) is 37.3 Å². The summed E-state index contributed by atoms with van der Waals surface area (Å²) >= 11 is 0. The Kier molecular flexibility index (Phi) is 4.59. The fraction of sp³-hybridized carbons (Fsp3) is 0.300. The number of para-hydroxylation sites is 2. The molecule has 0 saturated carbocycles. The van der Waals surface area contributed by atoms with E-state index in [-0.39, 0.29) is 6.23 Å². The maximum absolute atomic E-state index is 5.97. The summed E-state index contributed by atoms with van der Waals surface area (Å²) < 4.78 is 19.3. The van der Waals surface area contributed by atoms with Crippen LogP contribution in [-0.2, 0) is 11.3 Å². The smallest absolute Gasteiger partial charge is 0.143 e. The van der Waals surface area contributed by atoms with Gasteiger partial charge in [0.15, 0.2) is 0 Å². The molecule has 4 rings (SSSR count). The van der Waals surface area contributed by atoms with Gasteiger partial charge in [-0.2, -0.15) is 0 Å². The van der Waals surface area contributed by atoms with Crippen LogP contribution in [0.25, 0.3) is 5.69 Å². The highest BCUT2D eigenvalue weighted by molar-refractivity contribution is 5.47. The fourth-order valence-electron chi connectivity index (χ4n) is 3.23. The molecule has 0 amide bonds. The van der Waals surface area contributed by atoms with E-state index in [0.29, 0.717) is 6.61 Å². The SMILES string of the molecule is CCOc1ccccc1-n1ccc([C@H]2OCCN2Cc2ccco2)c1. The minimum Gasteiger partial charge on any atom is -0.492 e. The Morgan fingerprint density at radius 2 is 2.08 bits per heavy atom. The molecule has 1 aliphatic heterocycles. The quantitative estimate of drug-likeness (QED) is 0.681. The van der Waals surface area contributed by atoms with Crippen LogP contribution in [0.1, 0.15) is 24.5 Å². The Morgan fingerprint density at radius 1 is 1.16 bits per heavy atom. The van der Waals surface area contributed by atoms with E-state index in [2.05, 4.69) is 34.0 Å². The molecule has 3 aromatic rings. The number of aromatic nitrogens is 1.